The zero-order chi connectivity index (χ0) is 19.9. The van der Waals surface area contributed by atoms with Gasteiger partial charge >= 0.3 is 13.2 Å². The molecule has 6 heteroatoms. The van der Waals surface area contributed by atoms with Gasteiger partial charge in [0.2, 0.25) is 0 Å². The molecule has 146 valence electrons. The van der Waals surface area contributed by atoms with E-state index in [0.29, 0.717) is 6.54 Å². The van der Waals surface area contributed by atoms with E-state index in [4.69, 9.17) is 14.0 Å². The van der Waals surface area contributed by atoms with Crippen LogP contribution in [0.3, 0.4) is 0 Å². The Balaban J connectivity index is 1.52. The summed E-state index contributed by atoms with van der Waals surface area (Å²) in [5.41, 5.74) is 3.15. The third-order valence-electron chi connectivity index (χ3n) is 6.00. The minimum atomic E-state index is -0.430. The van der Waals surface area contributed by atoms with Gasteiger partial charge in [0.25, 0.3) is 0 Å². The molecule has 2 aromatic rings. The van der Waals surface area contributed by atoms with E-state index >= 15 is 0 Å². The zero-order valence-electron chi connectivity index (χ0n) is 16.9. The fourth-order valence-corrected chi connectivity index (χ4v) is 3.64. The van der Waals surface area contributed by atoms with Crippen molar-refractivity contribution in [3.63, 3.8) is 0 Å². The van der Waals surface area contributed by atoms with E-state index in [9.17, 15) is 4.79 Å². The van der Waals surface area contributed by atoms with Crippen LogP contribution in [0.25, 0.3) is 0 Å². The Bertz CT molecular complexity index is 865. The first-order valence-corrected chi connectivity index (χ1v) is 9.74. The molecule has 4 rings (SSSR count). The molecule has 1 fully saturated rings. The van der Waals surface area contributed by atoms with E-state index in [-0.39, 0.29) is 12.7 Å². The second-order valence-corrected chi connectivity index (χ2v) is 8.37. The fraction of sp³-hybridized carbons (Fsp3) is 0.409. The second kappa shape index (κ2) is 6.94. The smallest absolute Gasteiger partial charge is 0.444 e. The predicted molar refractivity (Wildman–Crippen MR) is 110 cm³/mol. The molecule has 0 spiro atoms. The van der Waals surface area contributed by atoms with Crippen LogP contribution in [0.5, 0.6) is 0 Å². The topological polar surface area (TPSA) is 48.0 Å². The quantitative estimate of drug-likeness (QED) is 0.764. The van der Waals surface area contributed by atoms with Crippen molar-refractivity contribution in [3.05, 3.63) is 59.7 Å². The van der Waals surface area contributed by atoms with Crippen molar-refractivity contribution in [2.45, 2.75) is 51.9 Å². The van der Waals surface area contributed by atoms with Gasteiger partial charge in [-0.1, -0.05) is 42.5 Å². The van der Waals surface area contributed by atoms with E-state index in [1.807, 2.05) is 76.2 Å². The molecule has 0 radical (unpaired) electrons. The molecule has 0 bridgehead atoms. The summed E-state index contributed by atoms with van der Waals surface area (Å²) < 4.78 is 18.0. The zero-order valence-corrected chi connectivity index (χ0v) is 16.9. The Morgan fingerprint density at radius 3 is 2.39 bits per heavy atom. The molecule has 1 saturated heterocycles. The molecule has 28 heavy (non-hydrogen) atoms. The molecule has 0 unspecified atom stereocenters. The van der Waals surface area contributed by atoms with E-state index in [1.54, 1.807) is 4.90 Å². The highest BCUT2D eigenvalue weighted by Crippen LogP contribution is 2.38. The SMILES string of the molecule is CC1(C)OB(c2cccc3c2CCN3C(=O)OCc2ccccc2)OC1(C)C. The molecule has 1 amide bonds. The number of carbonyl (C=O) groups is 1. The average molecular weight is 379 g/mol. The number of hydrogen-bond acceptors (Lipinski definition) is 4. The molecule has 2 aromatic carbocycles. The van der Waals surface area contributed by atoms with Gasteiger partial charge in [-0.3, -0.25) is 4.90 Å². The van der Waals surface area contributed by atoms with Crippen molar-refractivity contribution in [3.8, 4) is 0 Å². The van der Waals surface area contributed by atoms with Crippen LogP contribution in [0.15, 0.2) is 48.5 Å². The molecule has 0 N–H and O–H groups in total. The average Bonchev–Trinajstić information content (AvgIpc) is 3.18. The molecule has 2 aliphatic heterocycles. The van der Waals surface area contributed by atoms with Gasteiger partial charge in [-0.15, -0.1) is 0 Å². The highest BCUT2D eigenvalue weighted by atomic mass is 16.7. The summed E-state index contributed by atoms with van der Waals surface area (Å²) in [5, 5.41) is 0. The van der Waals surface area contributed by atoms with Crippen molar-refractivity contribution in [2.75, 3.05) is 11.4 Å². The monoisotopic (exact) mass is 379 g/mol. The maximum Gasteiger partial charge on any atom is 0.495 e. The van der Waals surface area contributed by atoms with E-state index in [2.05, 4.69) is 0 Å². The molecular weight excluding hydrogens is 353 g/mol. The maximum absolute atomic E-state index is 12.7. The van der Waals surface area contributed by atoms with Gasteiger partial charge in [-0.2, -0.15) is 0 Å². The largest absolute Gasteiger partial charge is 0.495 e. The Morgan fingerprint density at radius 2 is 1.71 bits per heavy atom. The molecule has 2 aliphatic rings. The van der Waals surface area contributed by atoms with Crippen LogP contribution in [-0.2, 0) is 27.1 Å². The number of carbonyl (C=O) groups excluding carboxylic acids is 1. The first kappa shape index (κ1) is 19.0. The van der Waals surface area contributed by atoms with Crippen LogP contribution in [0.2, 0.25) is 0 Å². The van der Waals surface area contributed by atoms with Gasteiger partial charge in [0.15, 0.2) is 0 Å². The summed E-state index contributed by atoms with van der Waals surface area (Å²) in [6.45, 7) is 9.04. The second-order valence-electron chi connectivity index (χ2n) is 8.37. The minimum Gasteiger partial charge on any atom is -0.444 e. The Labute approximate surface area is 166 Å². The third-order valence-corrected chi connectivity index (χ3v) is 6.00. The third kappa shape index (κ3) is 3.31. The Kier molecular flexibility index (Phi) is 4.72. The molecule has 0 aliphatic carbocycles. The number of anilines is 1. The van der Waals surface area contributed by atoms with Crippen molar-refractivity contribution in [1.29, 1.82) is 0 Å². The number of ether oxygens (including phenoxy) is 1. The van der Waals surface area contributed by atoms with Gasteiger partial charge in [0, 0.05) is 12.2 Å². The molecule has 0 atom stereocenters. The van der Waals surface area contributed by atoms with E-state index < -0.39 is 18.3 Å². The molecule has 5 nitrogen and oxygen atoms in total. The first-order valence-electron chi connectivity index (χ1n) is 9.74. The lowest BCUT2D eigenvalue weighted by atomic mass is 9.75. The van der Waals surface area contributed by atoms with Gasteiger partial charge in [-0.05, 0) is 56.8 Å². The lowest BCUT2D eigenvalue weighted by molar-refractivity contribution is 0.00578. The number of benzene rings is 2. The number of amides is 1. The van der Waals surface area contributed by atoms with Crippen LogP contribution in [-0.4, -0.2) is 31.0 Å². The van der Waals surface area contributed by atoms with Crippen molar-refractivity contribution in [2.24, 2.45) is 0 Å². The maximum atomic E-state index is 12.7. The Hall–Kier alpha value is -2.31. The first-order chi connectivity index (χ1) is 13.3. The number of fused-ring (bicyclic) bond motifs is 1. The van der Waals surface area contributed by atoms with E-state index in [0.717, 1.165) is 28.7 Å². The highest BCUT2D eigenvalue weighted by molar-refractivity contribution is 6.63. The fourth-order valence-electron chi connectivity index (χ4n) is 3.64. The summed E-state index contributed by atoms with van der Waals surface area (Å²) in [6.07, 6.45) is 0.435. The predicted octanol–water partition coefficient (Wildman–Crippen LogP) is 3.69. The summed E-state index contributed by atoms with van der Waals surface area (Å²) in [4.78, 5) is 14.4. The molecular formula is C22H26BNO4. The Morgan fingerprint density at radius 1 is 1.04 bits per heavy atom. The summed E-state index contributed by atoms with van der Waals surface area (Å²) in [5.74, 6) is 0. The van der Waals surface area contributed by atoms with Crippen LogP contribution in [0.1, 0.15) is 38.8 Å². The summed E-state index contributed by atoms with van der Waals surface area (Å²) >= 11 is 0. The minimum absolute atomic E-state index is 0.266. The number of rotatable bonds is 3. The van der Waals surface area contributed by atoms with Crippen molar-refractivity contribution < 1.29 is 18.8 Å². The molecule has 0 aromatic heterocycles. The van der Waals surface area contributed by atoms with Crippen molar-refractivity contribution in [1.82, 2.24) is 0 Å². The lowest BCUT2D eigenvalue weighted by Crippen LogP contribution is -2.41. The molecule has 2 heterocycles. The highest BCUT2D eigenvalue weighted by Gasteiger charge is 2.52. The van der Waals surface area contributed by atoms with Gasteiger partial charge in [0.1, 0.15) is 6.61 Å². The number of nitrogens with zero attached hydrogens (tertiary/aromatic N) is 1. The van der Waals surface area contributed by atoms with Crippen LogP contribution in [0.4, 0.5) is 10.5 Å². The van der Waals surface area contributed by atoms with Gasteiger partial charge < -0.3 is 14.0 Å². The summed E-state index contributed by atoms with van der Waals surface area (Å²) in [7, 11) is -0.430. The normalized spacial score (nSPS) is 19.6. The lowest BCUT2D eigenvalue weighted by Gasteiger charge is -2.32. The number of hydrogen-bond donors (Lipinski definition) is 0. The molecule has 0 saturated carbocycles. The standard InChI is InChI=1S/C22H26BNO4/c1-21(2)22(3,4)28-23(27-21)18-11-8-12-19-17(18)13-14-24(19)20(25)26-15-16-9-6-5-7-10-16/h5-12H,13-15H2,1-4H3. The summed E-state index contributed by atoms with van der Waals surface area (Å²) in [6, 6.07) is 15.6. The van der Waals surface area contributed by atoms with Gasteiger partial charge in [-0.25, -0.2) is 4.79 Å². The van der Waals surface area contributed by atoms with Crippen molar-refractivity contribution >= 4 is 24.4 Å². The van der Waals surface area contributed by atoms with Crippen LogP contribution in [0, 0.1) is 0 Å². The van der Waals surface area contributed by atoms with Gasteiger partial charge in [0.05, 0.1) is 11.2 Å². The van der Waals surface area contributed by atoms with Crippen LogP contribution >= 0.6 is 0 Å². The van der Waals surface area contributed by atoms with Crippen LogP contribution < -0.4 is 10.4 Å². The van der Waals surface area contributed by atoms with E-state index in [1.165, 1.54) is 0 Å².